The second-order valence-corrected chi connectivity index (χ2v) is 5.15. The Bertz CT molecular complexity index is 727. The fourth-order valence-corrected chi connectivity index (χ4v) is 2.39. The molecule has 0 amide bonds. The molecule has 3 aromatic rings. The van der Waals surface area contributed by atoms with Crippen LogP contribution in [-0.4, -0.2) is 31.2 Å². The van der Waals surface area contributed by atoms with E-state index in [4.69, 9.17) is 4.74 Å². The lowest BCUT2D eigenvalue weighted by Crippen LogP contribution is -2.09. The molecule has 0 bridgehead atoms. The van der Waals surface area contributed by atoms with E-state index in [1.165, 1.54) is 22.3 Å². The molecule has 8 heteroatoms. The maximum absolute atomic E-state index is 12.2. The van der Waals surface area contributed by atoms with Crippen molar-refractivity contribution in [3.05, 3.63) is 52.7 Å². The third-order valence-electron chi connectivity index (χ3n) is 2.78. The summed E-state index contributed by atoms with van der Waals surface area (Å²) in [5.41, 5.74) is 1.13. The average Bonchev–Trinajstić information content (AvgIpc) is 3.20. The highest BCUT2D eigenvalue weighted by atomic mass is 32.1. The number of carbonyl (C=O) groups excluding carboxylic acids is 1. The highest BCUT2D eigenvalue weighted by molar-refractivity contribution is 7.09. The Morgan fingerprint density at radius 3 is 3.05 bits per heavy atom. The van der Waals surface area contributed by atoms with E-state index in [9.17, 15) is 4.79 Å². The van der Waals surface area contributed by atoms with Crippen LogP contribution in [0.25, 0.3) is 5.69 Å². The quantitative estimate of drug-likeness (QED) is 0.686. The normalized spacial score (nSPS) is 12.0. The molecule has 2 heterocycles. The standard InChI is InChI=1S/C13H11N5O2S/c1-9(12-14-5-6-21-12)20-13(19)10-3-2-4-11(7-10)18-8-15-16-17-18/h2-9H,1H3. The lowest BCUT2D eigenvalue weighted by molar-refractivity contribution is 0.0337. The Kier molecular flexibility index (Phi) is 3.69. The molecule has 0 aliphatic heterocycles. The van der Waals surface area contributed by atoms with Gasteiger partial charge >= 0.3 is 5.97 Å². The van der Waals surface area contributed by atoms with E-state index in [0.29, 0.717) is 11.3 Å². The summed E-state index contributed by atoms with van der Waals surface area (Å²) >= 11 is 1.45. The van der Waals surface area contributed by atoms with Crippen LogP contribution >= 0.6 is 11.3 Å². The number of nitrogens with zero attached hydrogens (tertiary/aromatic N) is 5. The zero-order chi connectivity index (χ0) is 14.7. The van der Waals surface area contributed by atoms with E-state index in [1.807, 2.05) is 5.38 Å². The fourth-order valence-electron chi connectivity index (χ4n) is 1.77. The lowest BCUT2D eigenvalue weighted by Gasteiger charge is -2.11. The van der Waals surface area contributed by atoms with Gasteiger partial charge < -0.3 is 4.74 Å². The number of benzene rings is 1. The van der Waals surface area contributed by atoms with Crippen LogP contribution in [0.15, 0.2) is 42.2 Å². The molecule has 0 fully saturated rings. The molecule has 2 aromatic heterocycles. The Hall–Kier alpha value is -2.61. The molecule has 0 N–H and O–H groups in total. The molecule has 21 heavy (non-hydrogen) atoms. The van der Waals surface area contributed by atoms with Crippen LogP contribution in [0.5, 0.6) is 0 Å². The maximum atomic E-state index is 12.2. The summed E-state index contributed by atoms with van der Waals surface area (Å²) in [5, 5.41) is 13.5. The van der Waals surface area contributed by atoms with Crippen molar-refractivity contribution in [3.8, 4) is 5.69 Å². The zero-order valence-electron chi connectivity index (χ0n) is 11.1. The molecular weight excluding hydrogens is 290 g/mol. The van der Waals surface area contributed by atoms with Gasteiger partial charge in [0.05, 0.1) is 11.3 Å². The molecule has 1 unspecified atom stereocenters. The largest absolute Gasteiger partial charge is 0.452 e. The molecule has 1 aromatic carbocycles. The van der Waals surface area contributed by atoms with Gasteiger partial charge in [0, 0.05) is 11.6 Å². The van der Waals surface area contributed by atoms with Crippen molar-refractivity contribution in [2.75, 3.05) is 0 Å². The van der Waals surface area contributed by atoms with Crippen LogP contribution in [-0.2, 0) is 4.74 Å². The molecule has 0 saturated carbocycles. The molecule has 0 spiro atoms. The molecule has 3 rings (SSSR count). The van der Waals surface area contributed by atoms with Crippen molar-refractivity contribution in [1.29, 1.82) is 0 Å². The first-order valence-electron chi connectivity index (χ1n) is 6.18. The van der Waals surface area contributed by atoms with Gasteiger partial charge in [-0.15, -0.1) is 16.4 Å². The molecule has 7 nitrogen and oxygen atoms in total. The average molecular weight is 301 g/mol. The Balaban J connectivity index is 1.77. The second kappa shape index (κ2) is 5.80. The first-order valence-corrected chi connectivity index (χ1v) is 7.06. The van der Waals surface area contributed by atoms with E-state index in [-0.39, 0.29) is 6.10 Å². The molecule has 106 valence electrons. The van der Waals surface area contributed by atoms with Crippen LogP contribution in [0.1, 0.15) is 28.4 Å². The summed E-state index contributed by atoms with van der Waals surface area (Å²) in [6.07, 6.45) is 2.76. The van der Waals surface area contributed by atoms with Gasteiger partial charge in [-0.05, 0) is 35.5 Å². The number of carbonyl (C=O) groups is 1. The number of thiazole rings is 1. The predicted octanol–water partition coefficient (Wildman–Crippen LogP) is 2.04. The Morgan fingerprint density at radius 1 is 1.43 bits per heavy atom. The molecule has 0 radical (unpaired) electrons. The van der Waals surface area contributed by atoms with E-state index in [2.05, 4.69) is 20.5 Å². The summed E-state index contributed by atoms with van der Waals surface area (Å²) in [5.74, 6) is -0.410. The minimum atomic E-state index is -0.410. The van der Waals surface area contributed by atoms with E-state index >= 15 is 0 Å². The Morgan fingerprint density at radius 2 is 2.33 bits per heavy atom. The minimum absolute atomic E-state index is 0.380. The summed E-state index contributed by atoms with van der Waals surface area (Å²) in [4.78, 5) is 16.3. The number of hydrogen-bond donors (Lipinski definition) is 0. The summed E-state index contributed by atoms with van der Waals surface area (Å²) in [6.45, 7) is 1.79. The monoisotopic (exact) mass is 301 g/mol. The van der Waals surface area contributed by atoms with E-state index in [1.54, 1.807) is 37.4 Å². The van der Waals surface area contributed by atoms with Crippen molar-refractivity contribution in [2.24, 2.45) is 0 Å². The highest BCUT2D eigenvalue weighted by Crippen LogP contribution is 2.21. The van der Waals surface area contributed by atoms with Crippen molar-refractivity contribution < 1.29 is 9.53 Å². The predicted molar refractivity (Wildman–Crippen MR) is 75.1 cm³/mol. The highest BCUT2D eigenvalue weighted by Gasteiger charge is 2.16. The molecule has 1 atom stereocenters. The number of tetrazole rings is 1. The van der Waals surface area contributed by atoms with Gasteiger partial charge in [-0.1, -0.05) is 6.07 Å². The molecule has 0 aliphatic carbocycles. The number of ether oxygens (including phenoxy) is 1. The number of aromatic nitrogens is 5. The van der Waals surface area contributed by atoms with E-state index < -0.39 is 5.97 Å². The first kappa shape index (κ1) is 13.4. The van der Waals surface area contributed by atoms with Crippen LogP contribution in [0, 0.1) is 0 Å². The number of hydrogen-bond acceptors (Lipinski definition) is 7. The van der Waals surface area contributed by atoms with Gasteiger partial charge in [-0.3, -0.25) is 0 Å². The van der Waals surface area contributed by atoms with Crippen molar-refractivity contribution in [1.82, 2.24) is 25.2 Å². The van der Waals surface area contributed by atoms with Gasteiger partial charge in [0.15, 0.2) is 6.10 Å². The van der Waals surface area contributed by atoms with Gasteiger partial charge in [0.25, 0.3) is 0 Å². The summed E-state index contributed by atoms with van der Waals surface area (Å²) < 4.78 is 6.87. The second-order valence-electron chi connectivity index (χ2n) is 4.22. The van der Waals surface area contributed by atoms with Crippen molar-refractivity contribution in [3.63, 3.8) is 0 Å². The number of esters is 1. The SMILES string of the molecule is CC(OC(=O)c1cccc(-n2cnnn2)c1)c1nccs1. The topological polar surface area (TPSA) is 82.8 Å². The smallest absolute Gasteiger partial charge is 0.338 e. The van der Waals surface area contributed by atoms with Crippen molar-refractivity contribution in [2.45, 2.75) is 13.0 Å². The molecule has 0 aliphatic rings. The van der Waals surface area contributed by atoms with Gasteiger partial charge in [0.1, 0.15) is 11.3 Å². The van der Waals surface area contributed by atoms with Gasteiger partial charge in [-0.25, -0.2) is 14.5 Å². The first-order chi connectivity index (χ1) is 10.2. The zero-order valence-corrected chi connectivity index (χ0v) is 11.9. The summed E-state index contributed by atoms with van der Waals surface area (Å²) in [6, 6.07) is 6.91. The third-order valence-corrected chi connectivity index (χ3v) is 3.72. The fraction of sp³-hybridized carbons (Fsp3) is 0.154. The van der Waals surface area contributed by atoms with Crippen LogP contribution in [0.3, 0.4) is 0 Å². The van der Waals surface area contributed by atoms with Gasteiger partial charge in [-0.2, -0.15) is 0 Å². The molecular formula is C13H11N5O2S. The molecule has 0 saturated heterocycles. The lowest BCUT2D eigenvalue weighted by atomic mass is 10.2. The maximum Gasteiger partial charge on any atom is 0.338 e. The summed E-state index contributed by atoms with van der Waals surface area (Å²) in [7, 11) is 0. The van der Waals surface area contributed by atoms with Crippen LogP contribution in [0.4, 0.5) is 0 Å². The number of rotatable bonds is 4. The minimum Gasteiger partial charge on any atom is -0.452 e. The van der Waals surface area contributed by atoms with Gasteiger partial charge in [0.2, 0.25) is 0 Å². The Labute approximate surface area is 124 Å². The van der Waals surface area contributed by atoms with Crippen LogP contribution in [0.2, 0.25) is 0 Å². The third kappa shape index (κ3) is 2.95. The van der Waals surface area contributed by atoms with Crippen LogP contribution < -0.4 is 0 Å². The van der Waals surface area contributed by atoms with E-state index in [0.717, 1.165) is 5.01 Å². The van der Waals surface area contributed by atoms with Crippen molar-refractivity contribution >= 4 is 17.3 Å².